The molecule has 2 aliphatic rings. The number of amides is 1. The number of rotatable bonds is 5. The summed E-state index contributed by atoms with van der Waals surface area (Å²) in [6, 6.07) is 7.66. The highest BCUT2D eigenvalue weighted by Gasteiger charge is 2.51. The first-order valence-electron chi connectivity index (χ1n) is 12.3. The zero-order valence-corrected chi connectivity index (χ0v) is 21.9. The van der Waals surface area contributed by atoms with Gasteiger partial charge in [0.1, 0.15) is 0 Å². The molecule has 2 aromatic rings. The molecule has 1 aromatic carbocycles. The van der Waals surface area contributed by atoms with Crippen molar-refractivity contribution in [2.45, 2.75) is 96.7 Å². The Balaban J connectivity index is 1.60. The number of anilines is 1. The Morgan fingerprint density at radius 2 is 1.77 bits per heavy atom. The Morgan fingerprint density at radius 1 is 1.17 bits per heavy atom. The normalized spacial score (nSPS) is 20.1. The van der Waals surface area contributed by atoms with Crippen LogP contribution >= 0.6 is 0 Å². The summed E-state index contributed by atoms with van der Waals surface area (Å²) in [5, 5.41) is 17.0. The van der Waals surface area contributed by atoms with Gasteiger partial charge in [-0.1, -0.05) is 45.0 Å². The number of carbonyl (C=O) groups excluding carboxylic acids is 1. The van der Waals surface area contributed by atoms with Gasteiger partial charge in [0.2, 0.25) is 5.91 Å². The summed E-state index contributed by atoms with van der Waals surface area (Å²) in [4.78, 5) is 25.2. The molecule has 2 N–H and O–H groups in total. The molecule has 2 fully saturated rings. The molecule has 4 rings (SSSR count). The molecule has 0 radical (unpaired) electrons. The van der Waals surface area contributed by atoms with E-state index >= 15 is 0 Å². The number of nitrogens with zero attached hydrogens (tertiary/aromatic N) is 2. The Hall–Kier alpha value is -2.65. The molecule has 2 heterocycles. The predicted octanol–water partition coefficient (Wildman–Crippen LogP) is 4.63. The van der Waals surface area contributed by atoms with Crippen LogP contribution in [-0.2, 0) is 19.5 Å². The third-order valence-electron chi connectivity index (χ3n) is 7.39. The van der Waals surface area contributed by atoms with Crippen LogP contribution in [0.4, 0.5) is 10.6 Å². The van der Waals surface area contributed by atoms with Crippen molar-refractivity contribution in [2.24, 2.45) is 0 Å². The van der Waals surface area contributed by atoms with Crippen LogP contribution in [0.25, 0.3) is 0 Å². The van der Waals surface area contributed by atoms with Gasteiger partial charge in [0.25, 0.3) is 0 Å². The van der Waals surface area contributed by atoms with E-state index in [1.54, 1.807) is 0 Å². The van der Waals surface area contributed by atoms with E-state index in [2.05, 4.69) is 10.4 Å². The summed E-state index contributed by atoms with van der Waals surface area (Å²) < 4.78 is 13.4. The molecule has 8 nitrogen and oxygen atoms in total. The number of benzene rings is 1. The van der Waals surface area contributed by atoms with Crippen molar-refractivity contribution in [1.82, 2.24) is 9.78 Å². The Kier molecular flexibility index (Phi) is 6.17. The monoisotopic (exact) mass is 481 g/mol. The van der Waals surface area contributed by atoms with Gasteiger partial charge < -0.3 is 19.7 Å². The minimum Gasteiger partial charge on any atom is -0.463 e. The first-order valence-corrected chi connectivity index (χ1v) is 12.3. The zero-order valence-electron chi connectivity index (χ0n) is 21.9. The van der Waals surface area contributed by atoms with Crippen molar-refractivity contribution in [1.29, 1.82) is 0 Å². The quantitative estimate of drug-likeness (QED) is 0.604. The minimum atomic E-state index is -1.14. The average molecular weight is 481 g/mol. The fourth-order valence-electron chi connectivity index (χ4n) is 4.47. The second-order valence-corrected chi connectivity index (χ2v) is 11.8. The van der Waals surface area contributed by atoms with E-state index in [4.69, 9.17) is 9.31 Å². The third kappa shape index (κ3) is 4.76. The van der Waals surface area contributed by atoms with Gasteiger partial charge in [-0.25, -0.2) is 4.79 Å². The molecule has 0 bridgehead atoms. The molecule has 1 aromatic heterocycles. The molecular weight excluding hydrogens is 445 g/mol. The van der Waals surface area contributed by atoms with Gasteiger partial charge in [0, 0.05) is 11.5 Å². The second-order valence-electron chi connectivity index (χ2n) is 11.8. The van der Waals surface area contributed by atoms with Gasteiger partial charge >= 0.3 is 13.2 Å². The van der Waals surface area contributed by atoms with Crippen LogP contribution in [0.1, 0.15) is 96.9 Å². The van der Waals surface area contributed by atoms with Crippen LogP contribution in [0.3, 0.4) is 0 Å². The number of carboxylic acid groups (broad SMARTS) is 1. The van der Waals surface area contributed by atoms with E-state index in [1.165, 1.54) is 0 Å². The molecule has 1 saturated carbocycles. The van der Waals surface area contributed by atoms with E-state index in [-0.39, 0.29) is 17.2 Å². The summed E-state index contributed by atoms with van der Waals surface area (Å²) in [5.41, 5.74) is 1.85. The van der Waals surface area contributed by atoms with Crippen molar-refractivity contribution >= 4 is 30.4 Å². The highest BCUT2D eigenvalue weighted by Crippen LogP contribution is 2.47. The number of hydrogen-bond donors (Lipinski definition) is 2. The highest BCUT2D eigenvalue weighted by atomic mass is 16.7. The summed E-state index contributed by atoms with van der Waals surface area (Å²) in [7, 11) is -0.518. The standard InChI is InChI=1S/C26H36BN3O5/c1-15(17-10-9-11-18(14-17)27-34-25(5,6)26(7,8)35-27)22(31)28-21-19(24(2,3)4)20(16-12-13-16)30(29-21)23(32)33/h9-11,14-16H,12-13H2,1-8H3,(H,32,33)(H,28,29,31). The Labute approximate surface area is 207 Å². The molecular formula is C26H36BN3O5. The maximum atomic E-state index is 13.3. The fraction of sp³-hybridized carbons (Fsp3) is 0.577. The SMILES string of the molecule is CC(C(=O)Nc1nn(C(=O)O)c(C2CC2)c1C(C)(C)C)c1cccc(B2OC(C)(C)C(C)(C)O2)c1. The molecule has 1 aliphatic heterocycles. The van der Waals surface area contributed by atoms with E-state index in [0.717, 1.165) is 34.1 Å². The van der Waals surface area contributed by atoms with Crippen molar-refractivity contribution < 1.29 is 24.0 Å². The summed E-state index contributed by atoms with van der Waals surface area (Å²) in [5.74, 6) is -0.267. The summed E-state index contributed by atoms with van der Waals surface area (Å²) in [6.45, 7) is 15.9. The first kappa shape index (κ1) is 25.4. The fourth-order valence-corrected chi connectivity index (χ4v) is 4.47. The van der Waals surface area contributed by atoms with Crippen LogP contribution < -0.4 is 10.8 Å². The Bertz CT molecular complexity index is 1140. The van der Waals surface area contributed by atoms with Gasteiger partial charge in [0.05, 0.1) is 22.8 Å². The summed E-state index contributed by atoms with van der Waals surface area (Å²) >= 11 is 0. The lowest BCUT2D eigenvalue weighted by Gasteiger charge is -2.32. The van der Waals surface area contributed by atoms with Crippen LogP contribution in [-0.4, -0.2) is 45.2 Å². The molecule has 35 heavy (non-hydrogen) atoms. The first-order chi connectivity index (χ1) is 16.1. The van der Waals surface area contributed by atoms with Gasteiger partial charge in [0.15, 0.2) is 5.82 Å². The average Bonchev–Trinajstić information content (AvgIpc) is 3.46. The minimum absolute atomic E-state index is 0.160. The van der Waals surface area contributed by atoms with Gasteiger partial charge in [-0.3, -0.25) is 4.79 Å². The third-order valence-corrected chi connectivity index (χ3v) is 7.39. The van der Waals surface area contributed by atoms with Crippen LogP contribution in [0.2, 0.25) is 0 Å². The van der Waals surface area contributed by atoms with E-state index in [0.29, 0.717) is 11.5 Å². The molecule has 1 saturated heterocycles. The topological polar surface area (TPSA) is 103 Å². The van der Waals surface area contributed by atoms with E-state index < -0.39 is 30.3 Å². The molecule has 1 atom stereocenters. The van der Waals surface area contributed by atoms with E-state index in [1.807, 2.05) is 79.7 Å². The van der Waals surface area contributed by atoms with Crippen molar-refractivity contribution in [3.8, 4) is 0 Å². The maximum absolute atomic E-state index is 13.3. The molecule has 1 amide bonds. The second kappa shape index (κ2) is 8.48. The van der Waals surface area contributed by atoms with E-state index in [9.17, 15) is 14.7 Å². The van der Waals surface area contributed by atoms with Crippen LogP contribution in [0.5, 0.6) is 0 Å². The highest BCUT2D eigenvalue weighted by molar-refractivity contribution is 6.62. The maximum Gasteiger partial charge on any atom is 0.494 e. The van der Waals surface area contributed by atoms with Gasteiger partial charge in [-0.05, 0) is 63.9 Å². The summed E-state index contributed by atoms with van der Waals surface area (Å²) in [6.07, 6.45) is 0.718. The number of nitrogens with one attached hydrogen (secondary N) is 1. The van der Waals surface area contributed by atoms with Crippen molar-refractivity contribution in [3.63, 3.8) is 0 Å². The lowest BCUT2D eigenvalue weighted by Crippen LogP contribution is -2.41. The number of aromatic nitrogens is 2. The van der Waals surface area contributed by atoms with Crippen LogP contribution in [0.15, 0.2) is 24.3 Å². The smallest absolute Gasteiger partial charge is 0.463 e. The van der Waals surface area contributed by atoms with Crippen molar-refractivity contribution in [2.75, 3.05) is 5.32 Å². The lowest BCUT2D eigenvalue weighted by atomic mass is 9.77. The van der Waals surface area contributed by atoms with Crippen molar-refractivity contribution in [3.05, 3.63) is 41.1 Å². The predicted molar refractivity (Wildman–Crippen MR) is 136 cm³/mol. The molecule has 0 spiro atoms. The molecule has 1 unspecified atom stereocenters. The molecule has 9 heteroatoms. The largest absolute Gasteiger partial charge is 0.494 e. The molecule has 1 aliphatic carbocycles. The Morgan fingerprint density at radius 3 is 2.29 bits per heavy atom. The van der Waals surface area contributed by atoms with Gasteiger partial charge in [-0.2, -0.15) is 4.68 Å². The molecule has 188 valence electrons. The zero-order chi connectivity index (χ0) is 25.9. The van der Waals surface area contributed by atoms with Gasteiger partial charge in [-0.15, -0.1) is 5.10 Å². The lowest BCUT2D eigenvalue weighted by molar-refractivity contribution is -0.117. The van der Waals surface area contributed by atoms with Crippen LogP contribution in [0, 0.1) is 0 Å². The number of carbonyl (C=O) groups is 2. The number of hydrogen-bond acceptors (Lipinski definition) is 5.